The summed E-state index contributed by atoms with van der Waals surface area (Å²) in [5, 5.41) is 12.1. The van der Waals surface area contributed by atoms with Crippen molar-refractivity contribution >= 4 is 20.8 Å². The first kappa shape index (κ1) is 15.2. The molecule has 4 rings (SSSR count). The largest absolute Gasteiger partial charge is 0.264 e. The average Bonchev–Trinajstić information content (AvgIpc) is 3.16. The van der Waals surface area contributed by atoms with E-state index in [0.29, 0.717) is 23.4 Å². The molecule has 2 aromatic heterocycles. The quantitative estimate of drug-likeness (QED) is 0.784. The summed E-state index contributed by atoms with van der Waals surface area (Å²) < 4.78 is 27.9. The van der Waals surface area contributed by atoms with Crippen LogP contribution in [0.2, 0.25) is 0 Å². The highest BCUT2D eigenvalue weighted by molar-refractivity contribution is 7.89. The molecule has 1 fully saturated rings. The van der Waals surface area contributed by atoms with Crippen molar-refractivity contribution in [2.75, 3.05) is 13.1 Å². The first-order chi connectivity index (χ1) is 11.7. The van der Waals surface area contributed by atoms with Gasteiger partial charge in [-0.1, -0.05) is 12.1 Å². The van der Waals surface area contributed by atoms with Crippen LogP contribution in [0.3, 0.4) is 0 Å². The summed E-state index contributed by atoms with van der Waals surface area (Å²) in [4.78, 5) is 4.40. The molecule has 0 radical (unpaired) electrons. The second kappa shape index (κ2) is 5.95. The Hall–Kier alpha value is -2.32. The smallest absolute Gasteiger partial charge is 0.243 e. The van der Waals surface area contributed by atoms with Gasteiger partial charge in [0.15, 0.2) is 0 Å². The van der Waals surface area contributed by atoms with Crippen molar-refractivity contribution in [3.8, 4) is 0 Å². The molecule has 0 spiro atoms. The van der Waals surface area contributed by atoms with E-state index in [2.05, 4.69) is 20.4 Å². The number of piperidine rings is 1. The number of aromatic amines is 1. The van der Waals surface area contributed by atoms with Gasteiger partial charge in [0, 0.05) is 42.2 Å². The molecule has 1 aromatic carbocycles. The van der Waals surface area contributed by atoms with E-state index in [9.17, 15) is 8.42 Å². The van der Waals surface area contributed by atoms with Crippen LogP contribution in [0.5, 0.6) is 0 Å². The van der Waals surface area contributed by atoms with Gasteiger partial charge in [0.2, 0.25) is 10.0 Å². The zero-order chi connectivity index (χ0) is 16.6. The standard InChI is InChI=1S/C16H17N5O2S/c22-24(23,16-5-1-3-12-9-17-7-6-14(12)16)21-8-2-4-13(11-21)15-10-18-20-19-15/h1,3,5-7,9-10,13H,2,4,8,11H2,(H,18,19,20). The third-order valence-electron chi connectivity index (χ3n) is 4.49. The number of benzene rings is 1. The van der Waals surface area contributed by atoms with Crippen LogP contribution in [-0.2, 0) is 10.0 Å². The lowest BCUT2D eigenvalue weighted by atomic mass is 9.97. The van der Waals surface area contributed by atoms with Gasteiger partial charge in [-0.25, -0.2) is 8.42 Å². The fraction of sp³-hybridized carbons (Fsp3) is 0.312. The van der Waals surface area contributed by atoms with Crippen LogP contribution in [-0.4, -0.2) is 46.2 Å². The Balaban J connectivity index is 1.71. The summed E-state index contributed by atoms with van der Waals surface area (Å²) in [7, 11) is -3.57. The van der Waals surface area contributed by atoms with E-state index in [0.717, 1.165) is 23.9 Å². The lowest BCUT2D eigenvalue weighted by molar-refractivity contribution is 0.313. The van der Waals surface area contributed by atoms with Crippen molar-refractivity contribution in [2.45, 2.75) is 23.7 Å². The zero-order valence-corrected chi connectivity index (χ0v) is 13.8. The van der Waals surface area contributed by atoms with Crippen LogP contribution in [0.15, 0.2) is 47.8 Å². The van der Waals surface area contributed by atoms with Gasteiger partial charge in [-0.15, -0.1) is 0 Å². The molecule has 0 saturated carbocycles. The number of aromatic nitrogens is 4. The van der Waals surface area contributed by atoms with E-state index in [-0.39, 0.29) is 5.92 Å². The topological polar surface area (TPSA) is 91.8 Å². The predicted molar refractivity (Wildman–Crippen MR) is 88.9 cm³/mol. The Morgan fingerprint density at radius 2 is 2.12 bits per heavy atom. The lowest BCUT2D eigenvalue weighted by Gasteiger charge is -2.31. The number of rotatable bonds is 3. The number of pyridine rings is 1. The first-order valence-corrected chi connectivity index (χ1v) is 9.29. The molecule has 1 N–H and O–H groups in total. The summed E-state index contributed by atoms with van der Waals surface area (Å²) in [5.74, 6) is 0.0731. The van der Waals surface area contributed by atoms with Crippen LogP contribution in [0.4, 0.5) is 0 Å². The molecular formula is C16H17N5O2S. The summed E-state index contributed by atoms with van der Waals surface area (Å²) in [6, 6.07) is 7.05. The number of sulfonamides is 1. The summed E-state index contributed by atoms with van der Waals surface area (Å²) in [6.45, 7) is 0.953. The molecule has 3 heterocycles. The number of hydrogen-bond acceptors (Lipinski definition) is 5. The van der Waals surface area contributed by atoms with Crippen molar-refractivity contribution < 1.29 is 8.42 Å². The molecule has 8 heteroatoms. The highest BCUT2D eigenvalue weighted by atomic mass is 32.2. The van der Waals surface area contributed by atoms with Crippen LogP contribution in [0, 0.1) is 0 Å². The van der Waals surface area contributed by atoms with Crippen molar-refractivity contribution in [3.63, 3.8) is 0 Å². The third kappa shape index (κ3) is 2.57. The second-order valence-electron chi connectivity index (χ2n) is 5.95. The molecule has 1 atom stereocenters. The Morgan fingerprint density at radius 3 is 2.96 bits per heavy atom. The van der Waals surface area contributed by atoms with E-state index < -0.39 is 10.0 Å². The molecule has 1 aliphatic rings. The van der Waals surface area contributed by atoms with E-state index in [1.807, 2.05) is 6.07 Å². The second-order valence-corrected chi connectivity index (χ2v) is 7.86. The van der Waals surface area contributed by atoms with Crippen LogP contribution < -0.4 is 0 Å². The van der Waals surface area contributed by atoms with Gasteiger partial charge in [-0.3, -0.25) is 4.98 Å². The maximum atomic E-state index is 13.2. The molecule has 1 saturated heterocycles. The number of hydrogen-bond donors (Lipinski definition) is 1. The lowest BCUT2D eigenvalue weighted by Crippen LogP contribution is -2.39. The van der Waals surface area contributed by atoms with Crippen molar-refractivity contribution in [1.29, 1.82) is 0 Å². The monoisotopic (exact) mass is 343 g/mol. The molecule has 24 heavy (non-hydrogen) atoms. The number of nitrogens with one attached hydrogen (secondary N) is 1. The minimum Gasteiger partial charge on any atom is -0.264 e. The summed E-state index contributed by atoms with van der Waals surface area (Å²) >= 11 is 0. The molecule has 0 bridgehead atoms. The fourth-order valence-corrected chi connectivity index (χ4v) is 5.00. The molecule has 1 unspecified atom stereocenters. The van der Waals surface area contributed by atoms with Gasteiger partial charge in [-0.05, 0) is 25.0 Å². The van der Waals surface area contributed by atoms with Crippen LogP contribution in [0.25, 0.3) is 10.8 Å². The molecule has 124 valence electrons. The minimum absolute atomic E-state index is 0.0731. The zero-order valence-electron chi connectivity index (χ0n) is 13.0. The van der Waals surface area contributed by atoms with E-state index in [4.69, 9.17) is 0 Å². The maximum absolute atomic E-state index is 13.2. The predicted octanol–water partition coefficient (Wildman–Crippen LogP) is 1.92. The van der Waals surface area contributed by atoms with E-state index >= 15 is 0 Å². The Morgan fingerprint density at radius 1 is 1.21 bits per heavy atom. The number of fused-ring (bicyclic) bond motifs is 1. The van der Waals surface area contributed by atoms with E-state index in [1.165, 1.54) is 0 Å². The molecule has 7 nitrogen and oxygen atoms in total. The molecule has 0 amide bonds. The Labute approximate surface area is 139 Å². The number of nitrogens with zero attached hydrogens (tertiary/aromatic N) is 4. The van der Waals surface area contributed by atoms with Gasteiger partial charge in [0.05, 0.1) is 16.8 Å². The van der Waals surface area contributed by atoms with Crippen molar-refractivity contribution in [2.24, 2.45) is 0 Å². The highest BCUT2D eigenvalue weighted by Gasteiger charge is 2.32. The first-order valence-electron chi connectivity index (χ1n) is 7.85. The van der Waals surface area contributed by atoms with Gasteiger partial charge in [0.1, 0.15) is 0 Å². The van der Waals surface area contributed by atoms with Gasteiger partial charge >= 0.3 is 0 Å². The molecule has 1 aliphatic heterocycles. The van der Waals surface area contributed by atoms with Crippen LogP contribution in [0.1, 0.15) is 24.5 Å². The summed E-state index contributed by atoms with van der Waals surface area (Å²) in [6.07, 6.45) is 6.70. The normalized spacial score (nSPS) is 19.6. The Bertz CT molecular complexity index is 950. The van der Waals surface area contributed by atoms with Gasteiger partial charge < -0.3 is 0 Å². The van der Waals surface area contributed by atoms with Crippen molar-refractivity contribution in [1.82, 2.24) is 24.7 Å². The summed E-state index contributed by atoms with van der Waals surface area (Å²) in [5.41, 5.74) is 0.817. The fourth-order valence-electron chi connectivity index (χ4n) is 3.27. The van der Waals surface area contributed by atoms with Gasteiger partial charge in [0.25, 0.3) is 0 Å². The Kier molecular flexibility index (Phi) is 3.78. The molecular weight excluding hydrogens is 326 g/mol. The minimum atomic E-state index is -3.57. The maximum Gasteiger partial charge on any atom is 0.243 e. The van der Waals surface area contributed by atoms with Crippen molar-refractivity contribution in [3.05, 3.63) is 48.5 Å². The molecule has 0 aliphatic carbocycles. The third-order valence-corrected chi connectivity index (χ3v) is 6.42. The van der Waals surface area contributed by atoms with Gasteiger partial charge in [-0.2, -0.15) is 19.7 Å². The average molecular weight is 343 g/mol. The SMILES string of the molecule is O=S(=O)(c1cccc2cnccc12)N1CCCC(c2cn[nH]n2)C1. The highest BCUT2D eigenvalue weighted by Crippen LogP contribution is 2.31. The molecule has 3 aromatic rings. The van der Waals surface area contributed by atoms with E-state index in [1.54, 1.807) is 41.1 Å². The van der Waals surface area contributed by atoms with Crippen LogP contribution >= 0.6 is 0 Å². The number of H-pyrrole nitrogens is 1.